The highest BCUT2D eigenvalue weighted by atomic mass is 79.9. The van der Waals surface area contributed by atoms with Gasteiger partial charge in [-0.2, -0.15) is 10.2 Å². The number of amides is 1. The normalized spacial score (nSPS) is 14.4. The molecule has 1 aromatic heterocycles. The van der Waals surface area contributed by atoms with E-state index in [4.69, 9.17) is 24.0 Å². The van der Waals surface area contributed by atoms with Crippen molar-refractivity contribution in [3.8, 4) is 34.3 Å². The van der Waals surface area contributed by atoms with E-state index in [2.05, 4.69) is 21.0 Å². The maximum atomic E-state index is 13.8. The van der Waals surface area contributed by atoms with E-state index < -0.39 is 11.6 Å². The molecule has 0 saturated carbocycles. The number of hydrazone groups is 1. The number of carbonyl (C=O) groups excluding carboxylic acids is 1. The van der Waals surface area contributed by atoms with E-state index in [9.17, 15) is 9.59 Å². The fraction of sp³-hybridized carbons (Fsp3) is 0.226. The molecule has 1 aliphatic rings. The maximum absolute atomic E-state index is 13.8. The third kappa shape index (κ3) is 5.87. The molecule has 0 fully saturated rings. The van der Waals surface area contributed by atoms with Crippen LogP contribution in [0.2, 0.25) is 0 Å². The molecular weight excluding hydrogens is 604 g/mol. The highest BCUT2D eigenvalue weighted by Crippen LogP contribution is 2.38. The lowest BCUT2D eigenvalue weighted by atomic mass is 9.98. The largest absolute Gasteiger partial charge is 0.493 e. The van der Waals surface area contributed by atoms with E-state index in [-0.39, 0.29) is 12.5 Å². The number of halogens is 1. The Morgan fingerprint density at radius 2 is 1.43 bits per heavy atom. The number of ether oxygens (including phenoxy) is 4. The first-order valence-corrected chi connectivity index (χ1v) is 13.8. The zero-order valence-electron chi connectivity index (χ0n) is 23.5. The molecule has 216 valence electrons. The minimum Gasteiger partial charge on any atom is -0.493 e. The van der Waals surface area contributed by atoms with Crippen LogP contribution in [-0.2, 0) is 11.3 Å². The Kier molecular flexibility index (Phi) is 8.58. The molecule has 0 N–H and O–H groups in total. The number of nitrogens with zero attached hydrogens (tertiary/aromatic N) is 4. The van der Waals surface area contributed by atoms with Gasteiger partial charge in [0.1, 0.15) is 6.54 Å². The SMILES string of the molecule is COc1ccc(-c2ccc(=O)n(CC(=O)N3N=C(c4ccc(Br)cc4)CC3c3ccc(OC)c(OC)c3)n2)cc1OC. The number of rotatable bonds is 9. The molecule has 10 nitrogen and oxygen atoms in total. The topological polar surface area (TPSA) is 104 Å². The lowest BCUT2D eigenvalue weighted by Crippen LogP contribution is -2.35. The molecule has 42 heavy (non-hydrogen) atoms. The molecular formula is C31H29BrN4O6. The van der Waals surface area contributed by atoms with Crippen LogP contribution in [0.4, 0.5) is 0 Å². The van der Waals surface area contributed by atoms with Crippen LogP contribution in [-0.4, -0.2) is 54.8 Å². The molecule has 3 aromatic carbocycles. The Morgan fingerprint density at radius 1 is 0.810 bits per heavy atom. The Morgan fingerprint density at radius 3 is 2.10 bits per heavy atom. The molecule has 11 heteroatoms. The van der Waals surface area contributed by atoms with Crippen LogP contribution in [0, 0.1) is 0 Å². The molecule has 2 heterocycles. The summed E-state index contributed by atoms with van der Waals surface area (Å²) >= 11 is 3.47. The number of benzene rings is 3. The molecule has 0 radical (unpaired) electrons. The Bertz CT molecular complexity index is 1700. The summed E-state index contributed by atoms with van der Waals surface area (Å²) in [6, 6.07) is 21.2. The summed E-state index contributed by atoms with van der Waals surface area (Å²) in [5.74, 6) is 1.82. The van der Waals surface area contributed by atoms with Gasteiger partial charge in [-0.05, 0) is 59.7 Å². The van der Waals surface area contributed by atoms with Gasteiger partial charge in [0.2, 0.25) is 0 Å². The van der Waals surface area contributed by atoms with E-state index >= 15 is 0 Å². The third-order valence-electron chi connectivity index (χ3n) is 6.97. The fourth-order valence-corrected chi connectivity index (χ4v) is 5.05. The number of methoxy groups -OCH3 is 4. The van der Waals surface area contributed by atoms with Crippen molar-refractivity contribution in [2.45, 2.75) is 19.0 Å². The fourth-order valence-electron chi connectivity index (χ4n) is 4.79. The van der Waals surface area contributed by atoms with Gasteiger partial charge in [-0.15, -0.1) is 0 Å². The second kappa shape index (κ2) is 12.5. The van der Waals surface area contributed by atoms with Crippen molar-refractivity contribution in [1.82, 2.24) is 14.8 Å². The van der Waals surface area contributed by atoms with E-state index in [0.717, 1.165) is 26.0 Å². The second-order valence-corrected chi connectivity index (χ2v) is 10.3. The molecule has 1 unspecified atom stereocenters. The van der Waals surface area contributed by atoms with E-state index in [1.54, 1.807) is 52.7 Å². The predicted octanol–water partition coefficient (Wildman–Crippen LogP) is 5.09. The quantitative estimate of drug-likeness (QED) is 0.253. The van der Waals surface area contributed by atoms with Crippen molar-refractivity contribution in [3.05, 3.63) is 98.7 Å². The zero-order valence-corrected chi connectivity index (χ0v) is 25.1. The summed E-state index contributed by atoms with van der Waals surface area (Å²) in [4.78, 5) is 26.6. The van der Waals surface area contributed by atoms with Gasteiger partial charge in [-0.3, -0.25) is 9.59 Å². The van der Waals surface area contributed by atoms with Crippen LogP contribution in [0.3, 0.4) is 0 Å². The number of hydrogen-bond donors (Lipinski definition) is 0. The summed E-state index contributed by atoms with van der Waals surface area (Å²) in [6.45, 7) is -0.305. The average molecular weight is 633 g/mol. The van der Waals surface area contributed by atoms with Gasteiger partial charge in [0.15, 0.2) is 23.0 Å². The summed E-state index contributed by atoms with van der Waals surface area (Å²) in [7, 11) is 6.23. The predicted molar refractivity (Wildman–Crippen MR) is 161 cm³/mol. The third-order valence-corrected chi connectivity index (χ3v) is 7.50. The van der Waals surface area contributed by atoms with E-state index in [1.807, 2.05) is 42.5 Å². The van der Waals surface area contributed by atoms with E-state index in [0.29, 0.717) is 40.7 Å². The first kappa shape index (κ1) is 28.9. The Balaban J connectivity index is 1.49. The van der Waals surface area contributed by atoms with Gasteiger partial charge in [0.05, 0.1) is 45.9 Å². The first-order chi connectivity index (χ1) is 20.3. The number of hydrogen-bond acceptors (Lipinski definition) is 8. The van der Waals surface area contributed by atoms with Crippen molar-refractivity contribution in [1.29, 1.82) is 0 Å². The highest BCUT2D eigenvalue weighted by Gasteiger charge is 2.34. The van der Waals surface area contributed by atoms with Gasteiger partial charge < -0.3 is 18.9 Å². The summed E-state index contributed by atoms with van der Waals surface area (Å²) in [5, 5.41) is 10.6. The first-order valence-electron chi connectivity index (χ1n) is 13.0. The zero-order chi connectivity index (χ0) is 29.8. The highest BCUT2D eigenvalue weighted by molar-refractivity contribution is 9.10. The molecule has 4 aromatic rings. The maximum Gasteiger partial charge on any atom is 0.267 e. The van der Waals surface area contributed by atoms with E-state index in [1.165, 1.54) is 11.1 Å². The van der Waals surface area contributed by atoms with Crippen LogP contribution >= 0.6 is 15.9 Å². The van der Waals surface area contributed by atoms with Crippen molar-refractivity contribution in [3.63, 3.8) is 0 Å². The summed E-state index contributed by atoms with van der Waals surface area (Å²) in [6.07, 6.45) is 0.469. The minimum atomic E-state index is -0.430. The summed E-state index contributed by atoms with van der Waals surface area (Å²) < 4.78 is 23.7. The Hall–Kier alpha value is -4.64. The monoisotopic (exact) mass is 632 g/mol. The van der Waals surface area contributed by atoms with Crippen LogP contribution in [0.5, 0.6) is 23.0 Å². The van der Waals surface area contributed by atoms with Crippen LogP contribution < -0.4 is 24.5 Å². The molecule has 0 aliphatic carbocycles. The lowest BCUT2D eigenvalue weighted by molar-refractivity contribution is -0.133. The molecule has 1 amide bonds. The van der Waals surface area contributed by atoms with Gasteiger partial charge in [-0.1, -0.05) is 34.1 Å². The van der Waals surface area contributed by atoms with Gasteiger partial charge in [0, 0.05) is 22.5 Å². The van der Waals surface area contributed by atoms with Gasteiger partial charge in [-0.25, -0.2) is 9.69 Å². The van der Waals surface area contributed by atoms with Crippen molar-refractivity contribution >= 4 is 27.5 Å². The molecule has 1 aliphatic heterocycles. The number of carbonyl (C=O) groups is 1. The van der Waals surface area contributed by atoms with Crippen molar-refractivity contribution in [2.24, 2.45) is 5.10 Å². The molecule has 0 bridgehead atoms. The minimum absolute atomic E-state index is 0.305. The standard InChI is InChI=1S/C31H29BrN4O6/c1-39-26-12-7-20(15-28(26)41-3)23-11-14-30(37)35(33-23)18-31(38)36-25(21-8-13-27(40-2)29(16-21)42-4)17-24(34-36)19-5-9-22(32)10-6-19/h5-16,25H,17-18H2,1-4H3. The lowest BCUT2D eigenvalue weighted by Gasteiger charge is -2.23. The van der Waals surface area contributed by atoms with Crippen molar-refractivity contribution in [2.75, 3.05) is 28.4 Å². The number of aromatic nitrogens is 2. The molecule has 5 rings (SSSR count). The van der Waals surface area contributed by atoms with Gasteiger partial charge >= 0.3 is 0 Å². The Labute approximate surface area is 251 Å². The van der Waals surface area contributed by atoms with Crippen LogP contribution in [0.1, 0.15) is 23.6 Å². The van der Waals surface area contributed by atoms with Gasteiger partial charge in [0.25, 0.3) is 11.5 Å². The summed E-state index contributed by atoms with van der Waals surface area (Å²) in [5.41, 5.74) is 3.25. The smallest absolute Gasteiger partial charge is 0.267 e. The second-order valence-electron chi connectivity index (χ2n) is 9.41. The molecule has 1 atom stereocenters. The molecule has 0 saturated heterocycles. The molecule has 0 spiro atoms. The van der Waals surface area contributed by atoms with Crippen molar-refractivity contribution < 1.29 is 23.7 Å². The van der Waals surface area contributed by atoms with Crippen LogP contribution in [0.25, 0.3) is 11.3 Å². The average Bonchev–Trinajstić information content (AvgIpc) is 3.47. The van der Waals surface area contributed by atoms with Crippen LogP contribution in [0.15, 0.2) is 87.2 Å².